The van der Waals surface area contributed by atoms with Gasteiger partial charge in [0.1, 0.15) is 5.82 Å². The topological polar surface area (TPSA) is 86.4 Å². The molecule has 5 aromatic heterocycles. The molecule has 7 nitrogen and oxygen atoms in total. The highest BCUT2D eigenvalue weighted by atomic mass is 19.1. The van der Waals surface area contributed by atoms with Crippen molar-refractivity contribution in [2.45, 2.75) is 12.8 Å². The van der Waals surface area contributed by atoms with Crippen molar-refractivity contribution >= 4 is 21.9 Å². The molecule has 0 saturated heterocycles. The largest absolute Gasteiger partial charge is 0.353 e. The van der Waals surface area contributed by atoms with Gasteiger partial charge in [0, 0.05) is 52.2 Å². The van der Waals surface area contributed by atoms with Crippen molar-refractivity contribution in [3.05, 3.63) is 84.7 Å². The van der Waals surface area contributed by atoms with Crippen molar-refractivity contribution in [3.8, 4) is 33.8 Å². The Kier molecular flexibility index (Phi) is 5.94. The number of hydrogen-bond acceptors (Lipinski definition) is 5. The smallest absolute Gasteiger partial charge is 0.181 e. The maximum absolute atomic E-state index is 14.6. The SMILES string of the molecule is CN(C)CCCc1cc(F)cc(-c2nccc3[nH]c(-c4[nH]nc5ncc(-c6ccncc6)cc45)cc23)c1. The van der Waals surface area contributed by atoms with Gasteiger partial charge in [-0.2, -0.15) is 5.10 Å². The lowest BCUT2D eigenvalue weighted by Gasteiger charge is -2.10. The summed E-state index contributed by atoms with van der Waals surface area (Å²) in [4.78, 5) is 18.9. The van der Waals surface area contributed by atoms with Crippen molar-refractivity contribution < 1.29 is 4.39 Å². The number of H-pyrrole nitrogens is 2. The number of aryl methyl sites for hydroxylation is 1. The predicted octanol–water partition coefficient (Wildman–Crippen LogP) is 5.86. The molecule has 6 aromatic rings. The number of halogens is 1. The Morgan fingerprint density at radius 3 is 2.57 bits per heavy atom. The van der Waals surface area contributed by atoms with Crippen LogP contribution in [-0.2, 0) is 6.42 Å². The van der Waals surface area contributed by atoms with E-state index in [4.69, 9.17) is 0 Å². The molecule has 0 aliphatic rings. The molecule has 0 spiro atoms. The first-order valence-electron chi connectivity index (χ1n) is 12.2. The fourth-order valence-corrected chi connectivity index (χ4v) is 4.76. The molecule has 0 aliphatic heterocycles. The summed E-state index contributed by atoms with van der Waals surface area (Å²) in [6.07, 6.45) is 8.87. The molecular formula is C29H26FN7. The molecule has 0 fully saturated rings. The van der Waals surface area contributed by atoms with Crippen LogP contribution in [0.4, 0.5) is 4.39 Å². The number of rotatable bonds is 7. The standard InChI is InChI=1S/C29H26FN7/c1-37(2)11-3-4-18-12-20(14-22(30)13-18)27-23-16-26(34-25(23)7-10-32-27)28-24-15-21(17-33-29(24)36-35-28)19-5-8-31-9-6-19/h5-10,12-17,34H,3-4,11H2,1-2H3,(H,33,35,36). The minimum atomic E-state index is -0.249. The van der Waals surface area contributed by atoms with Gasteiger partial charge in [0.05, 0.1) is 17.1 Å². The number of nitrogens with zero attached hydrogens (tertiary/aromatic N) is 5. The molecule has 0 atom stereocenters. The third-order valence-corrected chi connectivity index (χ3v) is 6.54. The van der Waals surface area contributed by atoms with E-state index in [-0.39, 0.29) is 5.82 Å². The van der Waals surface area contributed by atoms with Crippen molar-refractivity contribution in [2.75, 3.05) is 20.6 Å². The van der Waals surface area contributed by atoms with Crippen molar-refractivity contribution in [3.63, 3.8) is 0 Å². The zero-order valence-electron chi connectivity index (χ0n) is 20.7. The molecule has 8 heteroatoms. The van der Waals surface area contributed by atoms with Crippen molar-refractivity contribution in [1.29, 1.82) is 0 Å². The van der Waals surface area contributed by atoms with Gasteiger partial charge in [-0.05, 0) is 93.1 Å². The number of aromatic nitrogens is 6. The normalized spacial score (nSPS) is 11.7. The van der Waals surface area contributed by atoms with E-state index in [9.17, 15) is 4.39 Å². The molecule has 0 aliphatic carbocycles. The van der Waals surface area contributed by atoms with Gasteiger partial charge in [0.25, 0.3) is 0 Å². The summed E-state index contributed by atoms with van der Waals surface area (Å²) in [5.41, 5.74) is 7.76. The lowest BCUT2D eigenvalue weighted by molar-refractivity contribution is 0.400. The van der Waals surface area contributed by atoms with E-state index in [2.05, 4.69) is 41.1 Å². The van der Waals surface area contributed by atoms with Crippen LogP contribution in [0, 0.1) is 5.82 Å². The Bertz CT molecular complexity index is 1700. The predicted molar refractivity (Wildman–Crippen MR) is 144 cm³/mol. The second-order valence-corrected chi connectivity index (χ2v) is 9.49. The third-order valence-electron chi connectivity index (χ3n) is 6.54. The lowest BCUT2D eigenvalue weighted by atomic mass is 10.0. The van der Waals surface area contributed by atoms with Crippen molar-refractivity contribution in [2.24, 2.45) is 0 Å². The molecule has 0 saturated carbocycles. The maximum atomic E-state index is 14.6. The second-order valence-electron chi connectivity index (χ2n) is 9.49. The average molecular weight is 492 g/mol. The number of nitrogens with one attached hydrogen (secondary N) is 2. The first kappa shape index (κ1) is 23.0. The molecule has 2 N–H and O–H groups in total. The minimum absolute atomic E-state index is 0.249. The molecule has 0 bridgehead atoms. The van der Waals surface area contributed by atoms with Gasteiger partial charge < -0.3 is 9.88 Å². The van der Waals surface area contributed by atoms with Crippen LogP contribution in [0.2, 0.25) is 0 Å². The summed E-state index contributed by atoms with van der Waals surface area (Å²) in [6, 6.07) is 15.2. The van der Waals surface area contributed by atoms with E-state index in [0.717, 1.165) is 75.0 Å². The zero-order chi connectivity index (χ0) is 25.4. The van der Waals surface area contributed by atoms with Crippen LogP contribution in [0.15, 0.2) is 73.3 Å². The lowest BCUT2D eigenvalue weighted by Crippen LogP contribution is -2.13. The maximum Gasteiger partial charge on any atom is 0.181 e. The zero-order valence-corrected chi connectivity index (χ0v) is 20.7. The number of fused-ring (bicyclic) bond motifs is 2. The molecule has 1 aromatic carbocycles. The Balaban J connectivity index is 1.41. The van der Waals surface area contributed by atoms with Gasteiger partial charge in [-0.1, -0.05) is 0 Å². The number of pyridine rings is 3. The monoisotopic (exact) mass is 491 g/mol. The summed E-state index contributed by atoms with van der Waals surface area (Å²) in [5, 5.41) is 9.37. The highest BCUT2D eigenvalue weighted by molar-refractivity contribution is 6.00. The molecule has 0 amide bonds. The van der Waals surface area contributed by atoms with E-state index < -0.39 is 0 Å². The fraction of sp³-hybridized carbons (Fsp3) is 0.172. The van der Waals surface area contributed by atoms with Gasteiger partial charge in [0.15, 0.2) is 5.65 Å². The van der Waals surface area contributed by atoms with E-state index in [1.807, 2.05) is 50.6 Å². The number of hydrogen-bond donors (Lipinski definition) is 2. The Morgan fingerprint density at radius 1 is 0.865 bits per heavy atom. The molecule has 0 radical (unpaired) electrons. The molecule has 5 heterocycles. The van der Waals surface area contributed by atoms with Crippen LogP contribution >= 0.6 is 0 Å². The summed E-state index contributed by atoms with van der Waals surface area (Å²) in [6.45, 7) is 0.955. The van der Waals surface area contributed by atoms with E-state index >= 15 is 0 Å². The average Bonchev–Trinajstić information content (AvgIpc) is 3.52. The van der Waals surface area contributed by atoms with E-state index in [1.165, 1.54) is 0 Å². The summed E-state index contributed by atoms with van der Waals surface area (Å²) < 4.78 is 14.6. The van der Waals surface area contributed by atoms with Crippen LogP contribution in [-0.4, -0.2) is 55.7 Å². The summed E-state index contributed by atoms with van der Waals surface area (Å²) in [7, 11) is 4.09. The molecular weight excluding hydrogens is 465 g/mol. The number of aromatic amines is 2. The number of benzene rings is 1. The van der Waals surface area contributed by atoms with Crippen LogP contribution in [0.25, 0.3) is 55.7 Å². The fourth-order valence-electron chi connectivity index (χ4n) is 4.76. The Labute approximate surface area is 213 Å². The molecule has 184 valence electrons. The summed E-state index contributed by atoms with van der Waals surface area (Å²) in [5.74, 6) is -0.249. The van der Waals surface area contributed by atoms with Gasteiger partial charge in [0.2, 0.25) is 0 Å². The Hall–Kier alpha value is -4.43. The highest BCUT2D eigenvalue weighted by Crippen LogP contribution is 2.34. The van der Waals surface area contributed by atoms with Gasteiger partial charge in [-0.3, -0.25) is 15.1 Å². The minimum Gasteiger partial charge on any atom is -0.353 e. The quantitative estimate of drug-likeness (QED) is 0.292. The Morgan fingerprint density at radius 2 is 1.73 bits per heavy atom. The first-order chi connectivity index (χ1) is 18.0. The third kappa shape index (κ3) is 4.59. The van der Waals surface area contributed by atoms with Gasteiger partial charge in [-0.25, -0.2) is 9.37 Å². The van der Waals surface area contributed by atoms with Gasteiger partial charge in [-0.15, -0.1) is 0 Å². The summed E-state index contributed by atoms with van der Waals surface area (Å²) >= 11 is 0. The van der Waals surface area contributed by atoms with Crippen LogP contribution in [0.1, 0.15) is 12.0 Å². The second kappa shape index (κ2) is 9.55. The van der Waals surface area contributed by atoms with Crippen LogP contribution in [0.5, 0.6) is 0 Å². The van der Waals surface area contributed by atoms with E-state index in [0.29, 0.717) is 5.65 Å². The van der Waals surface area contributed by atoms with Gasteiger partial charge >= 0.3 is 0 Å². The molecule has 6 rings (SSSR count). The highest BCUT2D eigenvalue weighted by Gasteiger charge is 2.16. The first-order valence-corrected chi connectivity index (χ1v) is 12.2. The van der Waals surface area contributed by atoms with Crippen LogP contribution in [0.3, 0.4) is 0 Å². The molecule has 37 heavy (non-hydrogen) atoms. The van der Waals surface area contributed by atoms with Crippen molar-refractivity contribution in [1.82, 2.24) is 35.0 Å². The van der Waals surface area contributed by atoms with Crippen LogP contribution < -0.4 is 0 Å². The van der Waals surface area contributed by atoms with E-state index in [1.54, 1.807) is 30.7 Å². The molecule has 0 unspecified atom stereocenters.